The number of nitrogens with one attached hydrogen (secondary N) is 1. The van der Waals surface area contributed by atoms with E-state index in [1.807, 2.05) is 13.8 Å². The van der Waals surface area contributed by atoms with Gasteiger partial charge in [-0.3, -0.25) is 9.59 Å². The molecule has 0 aliphatic rings. The lowest BCUT2D eigenvalue weighted by molar-refractivity contribution is -0.136. The van der Waals surface area contributed by atoms with Crippen molar-refractivity contribution in [3.63, 3.8) is 0 Å². The first-order valence-corrected chi connectivity index (χ1v) is 7.89. The number of hydrogen-bond donors (Lipinski definition) is 2. The molecule has 1 aromatic heterocycles. The second kappa shape index (κ2) is 8.27. The van der Waals surface area contributed by atoms with Gasteiger partial charge in [0.1, 0.15) is 5.69 Å². The first-order valence-electron chi connectivity index (χ1n) is 7.89. The Balaban J connectivity index is 2.24. The molecule has 0 amide bonds. The molecule has 0 atom stereocenters. The van der Waals surface area contributed by atoms with Crippen LogP contribution in [0, 0.1) is 5.92 Å². The number of hydrogen-bond acceptors (Lipinski definition) is 6. The smallest absolute Gasteiger partial charge is 0.303 e. The van der Waals surface area contributed by atoms with Crippen molar-refractivity contribution < 1.29 is 19.4 Å². The van der Waals surface area contributed by atoms with Crippen LogP contribution >= 0.6 is 0 Å². The minimum atomic E-state index is -0.994. The van der Waals surface area contributed by atoms with Crippen LogP contribution in [0.4, 0.5) is 0 Å². The van der Waals surface area contributed by atoms with Crippen LogP contribution in [0.3, 0.4) is 0 Å². The van der Waals surface area contributed by atoms with Crippen molar-refractivity contribution in [1.29, 1.82) is 0 Å². The molecule has 0 spiro atoms. The van der Waals surface area contributed by atoms with Crippen molar-refractivity contribution in [3.05, 3.63) is 34.2 Å². The van der Waals surface area contributed by atoms with Crippen molar-refractivity contribution in [3.8, 4) is 22.9 Å². The van der Waals surface area contributed by atoms with Crippen molar-refractivity contribution in [1.82, 2.24) is 15.2 Å². The quantitative estimate of drug-likeness (QED) is 0.749. The molecule has 0 unspecified atom stereocenters. The van der Waals surface area contributed by atoms with E-state index in [2.05, 4.69) is 15.2 Å². The molecule has 8 nitrogen and oxygen atoms in total. The standard InChI is InChI=1S/C17H21N3O5/c1-10(2)9-25-13-6-4-11(8-14(13)24-3)16-18-17(23)12(19-20-16)5-7-15(21)22/h4,6,8,10H,5,7,9H2,1-3H3,(H,21,22)(H,18,20,23). The van der Waals surface area contributed by atoms with Crippen LogP contribution in [0.5, 0.6) is 11.5 Å². The molecule has 25 heavy (non-hydrogen) atoms. The molecule has 0 saturated carbocycles. The number of carbonyl (C=O) groups is 1. The number of aromatic amines is 1. The fourth-order valence-corrected chi connectivity index (χ4v) is 2.07. The van der Waals surface area contributed by atoms with E-state index in [0.717, 1.165) is 0 Å². The van der Waals surface area contributed by atoms with E-state index in [4.69, 9.17) is 14.6 Å². The Morgan fingerprint density at radius 1 is 1.28 bits per heavy atom. The number of carboxylic acid groups (broad SMARTS) is 1. The van der Waals surface area contributed by atoms with Crippen LogP contribution < -0.4 is 15.0 Å². The van der Waals surface area contributed by atoms with Gasteiger partial charge >= 0.3 is 5.97 Å². The Bertz CT molecular complexity index is 801. The summed E-state index contributed by atoms with van der Waals surface area (Å²) in [4.78, 5) is 25.2. The summed E-state index contributed by atoms with van der Waals surface area (Å²) in [7, 11) is 1.53. The highest BCUT2D eigenvalue weighted by atomic mass is 16.5. The average Bonchev–Trinajstić information content (AvgIpc) is 2.58. The summed E-state index contributed by atoms with van der Waals surface area (Å²) in [6.07, 6.45) is -0.143. The summed E-state index contributed by atoms with van der Waals surface area (Å²) in [6, 6.07) is 5.19. The number of H-pyrrole nitrogens is 1. The molecule has 134 valence electrons. The number of rotatable bonds is 8. The number of aliphatic carboxylic acids is 1. The minimum Gasteiger partial charge on any atom is -0.493 e. The maximum absolute atomic E-state index is 12.0. The first-order chi connectivity index (χ1) is 11.9. The summed E-state index contributed by atoms with van der Waals surface area (Å²) in [6.45, 7) is 4.66. The van der Waals surface area contributed by atoms with Crippen LogP contribution in [0.1, 0.15) is 26.0 Å². The van der Waals surface area contributed by atoms with Crippen molar-refractivity contribution >= 4 is 5.97 Å². The van der Waals surface area contributed by atoms with Gasteiger partial charge in [0.05, 0.1) is 20.1 Å². The van der Waals surface area contributed by atoms with Crippen molar-refractivity contribution in [2.24, 2.45) is 5.92 Å². The second-order valence-corrected chi connectivity index (χ2v) is 5.91. The van der Waals surface area contributed by atoms with E-state index < -0.39 is 11.5 Å². The fraction of sp³-hybridized carbons (Fsp3) is 0.412. The largest absolute Gasteiger partial charge is 0.493 e. The number of carboxylic acids is 1. The molecule has 0 radical (unpaired) electrons. The monoisotopic (exact) mass is 347 g/mol. The highest BCUT2D eigenvalue weighted by molar-refractivity contribution is 5.67. The number of methoxy groups -OCH3 is 1. The van der Waals surface area contributed by atoms with Gasteiger partial charge in [0.15, 0.2) is 17.3 Å². The lowest BCUT2D eigenvalue weighted by atomic mass is 10.2. The number of ether oxygens (including phenoxy) is 2. The molecule has 0 bridgehead atoms. The van der Waals surface area contributed by atoms with E-state index in [1.165, 1.54) is 7.11 Å². The van der Waals surface area contributed by atoms with Crippen LogP contribution in [0.25, 0.3) is 11.4 Å². The Hall–Kier alpha value is -2.90. The fourth-order valence-electron chi connectivity index (χ4n) is 2.07. The summed E-state index contributed by atoms with van der Waals surface area (Å²) >= 11 is 0. The summed E-state index contributed by atoms with van der Waals surface area (Å²) in [5.74, 6) is 0.791. The van der Waals surface area contributed by atoms with Crippen molar-refractivity contribution in [2.45, 2.75) is 26.7 Å². The van der Waals surface area contributed by atoms with Gasteiger partial charge in [0, 0.05) is 12.0 Å². The predicted molar refractivity (Wildman–Crippen MR) is 90.9 cm³/mol. The van der Waals surface area contributed by atoms with Crippen molar-refractivity contribution in [2.75, 3.05) is 13.7 Å². The number of nitrogens with zero attached hydrogens (tertiary/aromatic N) is 2. The summed E-state index contributed by atoms with van der Waals surface area (Å²) in [5, 5.41) is 16.5. The average molecular weight is 347 g/mol. The van der Waals surface area contributed by atoms with E-state index in [-0.39, 0.29) is 24.4 Å². The van der Waals surface area contributed by atoms with E-state index in [9.17, 15) is 9.59 Å². The zero-order chi connectivity index (χ0) is 18.4. The molecule has 0 aliphatic heterocycles. The molecular weight excluding hydrogens is 326 g/mol. The van der Waals surface area contributed by atoms with E-state index in [1.54, 1.807) is 18.2 Å². The Morgan fingerprint density at radius 3 is 2.64 bits per heavy atom. The number of benzene rings is 1. The molecule has 8 heteroatoms. The third-order valence-electron chi connectivity index (χ3n) is 3.35. The van der Waals surface area contributed by atoms with E-state index in [0.29, 0.717) is 29.6 Å². The molecule has 0 saturated heterocycles. The van der Waals surface area contributed by atoms with Crippen LogP contribution in [-0.4, -0.2) is 40.0 Å². The van der Waals surface area contributed by atoms with Gasteiger partial charge in [-0.25, -0.2) is 0 Å². The van der Waals surface area contributed by atoms with Gasteiger partial charge < -0.3 is 19.6 Å². The zero-order valence-electron chi connectivity index (χ0n) is 14.4. The summed E-state index contributed by atoms with van der Waals surface area (Å²) < 4.78 is 11.0. The topological polar surface area (TPSA) is 114 Å². The molecular formula is C17H21N3O5. The normalized spacial score (nSPS) is 10.7. The lowest BCUT2D eigenvalue weighted by Crippen LogP contribution is -2.18. The molecule has 1 aromatic carbocycles. The molecule has 2 N–H and O–H groups in total. The number of aryl methyl sites for hydroxylation is 1. The third kappa shape index (κ3) is 5.03. The Morgan fingerprint density at radius 2 is 2.04 bits per heavy atom. The SMILES string of the molecule is COc1cc(-c2nnc(CCC(=O)O)c(=O)[nH]2)ccc1OCC(C)C. The van der Waals surface area contributed by atoms with Gasteiger partial charge in [-0.2, -0.15) is 0 Å². The molecule has 2 rings (SSSR count). The highest BCUT2D eigenvalue weighted by Gasteiger charge is 2.12. The second-order valence-electron chi connectivity index (χ2n) is 5.91. The van der Waals surface area contributed by atoms with Crippen LogP contribution in [0.2, 0.25) is 0 Å². The maximum Gasteiger partial charge on any atom is 0.303 e. The third-order valence-corrected chi connectivity index (χ3v) is 3.35. The molecule has 0 fully saturated rings. The minimum absolute atomic E-state index is 0.0310. The lowest BCUT2D eigenvalue weighted by Gasteiger charge is -2.13. The molecule has 2 aromatic rings. The number of aromatic nitrogens is 3. The first kappa shape index (κ1) is 18.4. The molecule has 0 aliphatic carbocycles. The van der Waals surface area contributed by atoms with Gasteiger partial charge in [0.2, 0.25) is 0 Å². The van der Waals surface area contributed by atoms with Crippen LogP contribution in [0.15, 0.2) is 23.0 Å². The van der Waals surface area contributed by atoms with Gasteiger partial charge in [-0.05, 0) is 24.1 Å². The van der Waals surface area contributed by atoms with Gasteiger partial charge in [-0.1, -0.05) is 13.8 Å². The molecule has 1 heterocycles. The van der Waals surface area contributed by atoms with Crippen LogP contribution in [-0.2, 0) is 11.2 Å². The zero-order valence-corrected chi connectivity index (χ0v) is 14.4. The van der Waals surface area contributed by atoms with E-state index >= 15 is 0 Å². The summed E-state index contributed by atoms with van der Waals surface area (Å²) in [5.41, 5.74) is 0.253. The Kier molecular flexibility index (Phi) is 6.10. The van der Waals surface area contributed by atoms with Gasteiger partial charge in [-0.15, -0.1) is 10.2 Å². The maximum atomic E-state index is 12.0. The van der Waals surface area contributed by atoms with Gasteiger partial charge in [0.25, 0.3) is 5.56 Å². The predicted octanol–water partition coefficient (Wildman–Crippen LogP) is 1.89. The Labute approximate surface area is 144 Å². The highest BCUT2D eigenvalue weighted by Crippen LogP contribution is 2.31.